The second kappa shape index (κ2) is 6.83. The van der Waals surface area contributed by atoms with Crippen LogP contribution in [0.3, 0.4) is 0 Å². The first-order valence-corrected chi connectivity index (χ1v) is 9.26. The Morgan fingerprint density at radius 3 is 2.79 bits per heavy atom. The second-order valence-electron chi connectivity index (χ2n) is 5.18. The lowest BCUT2D eigenvalue weighted by Crippen LogP contribution is -2.34. The van der Waals surface area contributed by atoms with E-state index in [0.717, 1.165) is 6.54 Å². The molecule has 0 spiro atoms. The van der Waals surface area contributed by atoms with E-state index in [1.807, 2.05) is 0 Å². The van der Waals surface area contributed by atoms with Crippen molar-refractivity contribution >= 4 is 21.2 Å². The fourth-order valence-corrected chi connectivity index (χ4v) is 4.98. The molecule has 1 aromatic heterocycles. The van der Waals surface area contributed by atoms with Gasteiger partial charge in [-0.15, -0.1) is 11.3 Å². The van der Waals surface area contributed by atoms with Gasteiger partial charge in [-0.05, 0) is 36.8 Å². The van der Waals surface area contributed by atoms with Gasteiger partial charge in [0.1, 0.15) is 4.21 Å². The van der Waals surface area contributed by atoms with Crippen LogP contribution in [0.5, 0.6) is 0 Å². The summed E-state index contributed by atoms with van der Waals surface area (Å²) in [6.45, 7) is 1.23. The number of hydrogen-bond acceptors (Lipinski definition) is 5. The van der Waals surface area contributed by atoms with Crippen LogP contribution in [-0.2, 0) is 9.84 Å². The first kappa shape index (κ1) is 15.0. The molecule has 0 aliphatic heterocycles. The number of thiophene rings is 1. The average molecular weight is 303 g/mol. The highest BCUT2D eigenvalue weighted by atomic mass is 32.2. The van der Waals surface area contributed by atoms with E-state index in [0.29, 0.717) is 16.7 Å². The van der Waals surface area contributed by atoms with Gasteiger partial charge in [0.25, 0.3) is 0 Å². The molecule has 2 N–H and O–H groups in total. The summed E-state index contributed by atoms with van der Waals surface area (Å²) in [4.78, 5) is 0. The Balaban J connectivity index is 1.73. The first-order valence-electron chi connectivity index (χ1n) is 6.73. The van der Waals surface area contributed by atoms with Crippen molar-refractivity contribution in [2.45, 2.75) is 36.0 Å². The van der Waals surface area contributed by atoms with Crippen LogP contribution in [0, 0.1) is 5.92 Å². The van der Waals surface area contributed by atoms with Crippen molar-refractivity contribution in [3.8, 4) is 0 Å². The predicted molar refractivity (Wildman–Crippen MR) is 77.2 cm³/mol. The first-order chi connectivity index (χ1) is 9.08. The zero-order chi connectivity index (χ0) is 13.7. The van der Waals surface area contributed by atoms with Crippen molar-refractivity contribution in [3.05, 3.63) is 17.5 Å². The zero-order valence-corrected chi connectivity index (χ0v) is 12.5. The molecule has 1 heterocycles. The molecule has 0 amide bonds. The average Bonchev–Trinajstić information content (AvgIpc) is 3.01. The minimum absolute atomic E-state index is 0.203. The fourth-order valence-electron chi connectivity index (χ4n) is 2.50. The SMILES string of the molecule is O=S(=O)(CC(O)CNCC1CCCC1)c1cccs1. The van der Waals surface area contributed by atoms with Gasteiger partial charge in [0, 0.05) is 6.54 Å². The Labute approximate surface area is 118 Å². The van der Waals surface area contributed by atoms with Crippen LogP contribution in [0.25, 0.3) is 0 Å². The second-order valence-corrected chi connectivity index (χ2v) is 8.38. The fraction of sp³-hybridized carbons (Fsp3) is 0.692. The summed E-state index contributed by atoms with van der Waals surface area (Å²) in [5.74, 6) is 0.492. The maximum absolute atomic E-state index is 11.9. The molecule has 1 atom stereocenters. The van der Waals surface area contributed by atoms with Crippen LogP contribution in [0.15, 0.2) is 21.7 Å². The van der Waals surface area contributed by atoms with Gasteiger partial charge in [-0.3, -0.25) is 0 Å². The molecule has 1 saturated carbocycles. The third-order valence-electron chi connectivity index (χ3n) is 3.50. The van der Waals surface area contributed by atoms with Gasteiger partial charge in [0.15, 0.2) is 9.84 Å². The highest BCUT2D eigenvalue weighted by Gasteiger charge is 2.21. The van der Waals surface area contributed by atoms with Gasteiger partial charge in [-0.2, -0.15) is 0 Å². The van der Waals surface area contributed by atoms with Gasteiger partial charge in [0.2, 0.25) is 0 Å². The lowest BCUT2D eigenvalue weighted by atomic mass is 10.1. The third kappa shape index (κ3) is 4.56. The number of hydrogen-bond donors (Lipinski definition) is 2. The molecule has 1 aliphatic rings. The van der Waals surface area contributed by atoms with Crippen molar-refractivity contribution < 1.29 is 13.5 Å². The van der Waals surface area contributed by atoms with E-state index >= 15 is 0 Å². The van der Waals surface area contributed by atoms with E-state index in [-0.39, 0.29) is 5.75 Å². The van der Waals surface area contributed by atoms with Gasteiger partial charge in [-0.25, -0.2) is 8.42 Å². The van der Waals surface area contributed by atoms with E-state index in [4.69, 9.17) is 0 Å². The summed E-state index contributed by atoms with van der Waals surface area (Å²) in [5.41, 5.74) is 0. The smallest absolute Gasteiger partial charge is 0.190 e. The number of aliphatic hydroxyl groups is 1. The summed E-state index contributed by atoms with van der Waals surface area (Å²) in [6.07, 6.45) is 4.24. The molecule has 1 fully saturated rings. The molecule has 0 saturated heterocycles. The summed E-state index contributed by atoms with van der Waals surface area (Å²) in [5, 5.41) is 14.7. The van der Waals surface area contributed by atoms with Crippen molar-refractivity contribution in [2.24, 2.45) is 5.92 Å². The molecule has 1 aliphatic carbocycles. The summed E-state index contributed by atoms with van der Waals surface area (Å²) in [7, 11) is -3.34. The molecule has 0 bridgehead atoms. The quantitative estimate of drug-likeness (QED) is 0.804. The molecular weight excluding hydrogens is 282 g/mol. The lowest BCUT2D eigenvalue weighted by molar-refractivity contribution is 0.191. The van der Waals surface area contributed by atoms with Crippen molar-refractivity contribution in [2.75, 3.05) is 18.8 Å². The Hall–Kier alpha value is -0.430. The highest BCUT2D eigenvalue weighted by molar-refractivity contribution is 7.93. The van der Waals surface area contributed by atoms with Gasteiger partial charge >= 0.3 is 0 Å². The number of aliphatic hydroxyl groups excluding tert-OH is 1. The maximum atomic E-state index is 11.9. The lowest BCUT2D eigenvalue weighted by Gasteiger charge is -2.14. The molecule has 0 radical (unpaired) electrons. The van der Waals surface area contributed by atoms with Crippen LogP contribution in [-0.4, -0.2) is 38.5 Å². The van der Waals surface area contributed by atoms with Gasteiger partial charge < -0.3 is 10.4 Å². The van der Waals surface area contributed by atoms with Gasteiger partial charge in [-0.1, -0.05) is 18.9 Å². The van der Waals surface area contributed by atoms with Crippen molar-refractivity contribution in [1.82, 2.24) is 5.32 Å². The van der Waals surface area contributed by atoms with E-state index in [1.165, 1.54) is 37.0 Å². The maximum Gasteiger partial charge on any atom is 0.190 e. The minimum Gasteiger partial charge on any atom is -0.391 e. The van der Waals surface area contributed by atoms with E-state index in [9.17, 15) is 13.5 Å². The summed E-state index contributed by atoms with van der Waals surface area (Å²) in [6, 6.07) is 3.29. The molecule has 2 rings (SSSR count). The standard InChI is InChI=1S/C13H21NO3S2/c15-12(9-14-8-11-4-1-2-5-11)10-19(16,17)13-6-3-7-18-13/h3,6-7,11-12,14-15H,1-2,4-5,8-10H2. The zero-order valence-electron chi connectivity index (χ0n) is 10.9. The van der Waals surface area contributed by atoms with E-state index < -0.39 is 15.9 Å². The summed E-state index contributed by atoms with van der Waals surface area (Å²) >= 11 is 1.20. The van der Waals surface area contributed by atoms with Crippen LogP contribution in [0.2, 0.25) is 0 Å². The van der Waals surface area contributed by atoms with Crippen LogP contribution >= 0.6 is 11.3 Å². The Bertz CT molecular complexity index is 464. The van der Waals surface area contributed by atoms with E-state index in [1.54, 1.807) is 17.5 Å². The molecule has 6 heteroatoms. The monoisotopic (exact) mass is 303 g/mol. The van der Waals surface area contributed by atoms with Crippen LogP contribution < -0.4 is 5.32 Å². The Morgan fingerprint density at radius 1 is 1.42 bits per heavy atom. The van der Waals surface area contributed by atoms with E-state index in [2.05, 4.69) is 5.32 Å². The summed E-state index contributed by atoms with van der Waals surface area (Å²) < 4.78 is 24.2. The third-order valence-corrected chi connectivity index (χ3v) is 6.79. The molecular formula is C13H21NO3S2. The highest BCUT2D eigenvalue weighted by Crippen LogP contribution is 2.23. The van der Waals surface area contributed by atoms with Crippen LogP contribution in [0.4, 0.5) is 0 Å². The molecule has 4 nitrogen and oxygen atoms in total. The molecule has 19 heavy (non-hydrogen) atoms. The molecule has 1 aromatic rings. The normalized spacial score (nSPS) is 18.8. The Kier molecular flexibility index (Phi) is 5.38. The minimum atomic E-state index is -3.34. The Morgan fingerprint density at radius 2 is 2.16 bits per heavy atom. The van der Waals surface area contributed by atoms with Gasteiger partial charge in [0.05, 0.1) is 11.9 Å². The largest absolute Gasteiger partial charge is 0.391 e. The number of nitrogens with one attached hydrogen (secondary N) is 1. The van der Waals surface area contributed by atoms with Crippen LogP contribution in [0.1, 0.15) is 25.7 Å². The topological polar surface area (TPSA) is 66.4 Å². The molecule has 1 unspecified atom stereocenters. The van der Waals surface area contributed by atoms with Crippen molar-refractivity contribution in [1.29, 1.82) is 0 Å². The van der Waals surface area contributed by atoms with Crippen molar-refractivity contribution in [3.63, 3.8) is 0 Å². The predicted octanol–water partition coefficient (Wildman–Crippen LogP) is 1.66. The number of rotatable bonds is 7. The number of sulfone groups is 1. The molecule has 108 valence electrons. The molecule has 0 aromatic carbocycles.